The summed E-state index contributed by atoms with van der Waals surface area (Å²) >= 11 is 6.11. The van der Waals surface area contributed by atoms with Crippen molar-refractivity contribution in [3.8, 4) is 0 Å². The van der Waals surface area contributed by atoms with Gasteiger partial charge in [0, 0.05) is 18.0 Å². The van der Waals surface area contributed by atoms with E-state index in [1.165, 1.54) is 4.88 Å². The molecule has 1 unspecified atom stereocenters. The van der Waals surface area contributed by atoms with Crippen LogP contribution in [0.25, 0.3) is 0 Å². The summed E-state index contributed by atoms with van der Waals surface area (Å²) in [6.45, 7) is 4.43. The zero-order chi connectivity index (χ0) is 9.68. The van der Waals surface area contributed by atoms with E-state index in [1.807, 2.05) is 11.3 Å². The first-order valence-corrected chi connectivity index (χ1v) is 6.05. The molecule has 0 radical (unpaired) electrons. The molecule has 0 N–H and O–H groups in total. The molecule has 0 aromatic carbocycles. The molecule has 3 heteroatoms. The summed E-state index contributed by atoms with van der Waals surface area (Å²) in [5.74, 6) is 1.64. The normalized spacial score (nSPS) is 13.5. The Morgan fingerprint density at radius 3 is 2.92 bits per heavy atom. The van der Waals surface area contributed by atoms with Crippen molar-refractivity contribution in [1.29, 1.82) is 0 Å². The van der Waals surface area contributed by atoms with Crippen LogP contribution in [0.2, 0.25) is 0 Å². The Bertz CT molecular complexity index is 221. The molecule has 0 aliphatic rings. The number of hydrogen-bond donors (Lipinski definition) is 1. The summed E-state index contributed by atoms with van der Waals surface area (Å²) in [6, 6.07) is 4.29. The highest BCUT2D eigenvalue weighted by Crippen LogP contribution is 2.11. The zero-order valence-electron chi connectivity index (χ0n) is 8.23. The highest BCUT2D eigenvalue weighted by Gasteiger charge is 2.05. The fourth-order valence-electron chi connectivity index (χ4n) is 1.32. The van der Waals surface area contributed by atoms with Gasteiger partial charge in [0.15, 0.2) is 0 Å². The van der Waals surface area contributed by atoms with Gasteiger partial charge in [-0.3, -0.25) is 0 Å². The van der Waals surface area contributed by atoms with E-state index in [1.54, 1.807) is 0 Å². The minimum absolute atomic E-state index is 0.674. The summed E-state index contributed by atoms with van der Waals surface area (Å²) < 4.78 is 0. The maximum Gasteiger partial charge on any atom is 0.0324 e. The molecule has 0 amide bonds. The van der Waals surface area contributed by atoms with Crippen LogP contribution < -0.4 is 0 Å². The van der Waals surface area contributed by atoms with Crippen molar-refractivity contribution in [2.75, 3.05) is 19.3 Å². The van der Waals surface area contributed by atoms with Crippen LogP contribution in [0.5, 0.6) is 0 Å². The quantitative estimate of drug-likeness (QED) is 0.739. The van der Waals surface area contributed by atoms with Gasteiger partial charge in [0.05, 0.1) is 0 Å². The summed E-state index contributed by atoms with van der Waals surface area (Å²) in [4.78, 5) is 3.79. The predicted octanol–water partition coefficient (Wildman–Crippen LogP) is 2.75. The molecule has 0 aliphatic carbocycles. The van der Waals surface area contributed by atoms with Crippen molar-refractivity contribution in [3.63, 3.8) is 0 Å². The Hall–Kier alpha value is 0.01000. The van der Waals surface area contributed by atoms with E-state index in [-0.39, 0.29) is 0 Å². The van der Waals surface area contributed by atoms with Gasteiger partial charge < -0.3 is 4.90 Å². The van der Waals surface area contributed by atoms with Crippen LogP contribution in [-0.2, 0) is 6.54 Å². The second-order valence-electron chi connectivity index (χ2n) is 3.56. The van der Waals surface area contributed by atoms with Crippen molar-refractivity contribution in [1.82, 2.24) is 4.90 Å². The monoisotopic (exact) mass is 215 g/mol. The SMILES string of the molecule is CC(CS)CN(C)Cc1cccs1. The second-order valence-corrected chi connectivity index (χ2v) is 4.96. The predicted molar refractivity (Wildman–Crippen MR) is 63.7 cm³/mol. The van der Waals surface area contributed by atoms with Crippen molar-refractivity contribution in [2.24, 2.45) is 5.92 Å². The highest BCUT2D eigenvalue weighted by molar-refractivity contribution is 7.80. The third-order valence-corrected chi connectivity index (χ3v) is 3.43. The number of thiophene rings is 1. The van der Waals surface area contributed by atoms with E-state index in [2.05, 4.69) is 49.0 Å². The number of hydrogen-bond acceptors (Lipinski definition) is 3. The van der Waals surface area contributed by atoms with Gasteiger partial charge in [-0.15, -0.1) is 11.3 Å². The first-order valence-electron chi connectivity index (χ1n) is 4.54. The lowest BCUT2D eigenvalue weighted by Crippen LogP contribution is -2.24. The lowest BCUT2D eigenvalue weighted by atomic mass is 10.2. The molecular weight excluding hydrogens is 198 g/mol. The first kappa shape index (κ1) is 11.1. The van der Waals surface area contributed by atoms with Crippen LogP contribution in [0, 0.1) is 5.92 Å². The number of nitrogens with zero attached hydrogens (tertiary/aromatic N) is 1. The first-order chi connectivity index (χ1) is 6.22. The van der Waals surface area contributed by atoms with Gasteiger partial charge in [0.2, 0.25) is 0 Å². The van der Waals surface area contributed by atoms with Gasteiger partial charge >= 0.3 is 0 Å². The van der Waals surface area contributed by atoms with Gasteiger partial charge in [0.1, 0.15) is 0 Å². The third kappa shape index (κ3) is 4.16. The summed E-state index contributed by atoms with van der Waals surface area (Å²) in [5.41, 5.74) is 0. The molecule has 1 nitrogen and oxygen atoms in total. The van der Waals surface area contributed by atoms with Crippen LogP contribution in [-0.4, -0.2) is 24.2 Å². The van der Waals surface area contributed by atoms with Crippen LogP contribution >= 0.6 is 24.0 Å². The van der Waals surface area contributed by atoms with E-state index in [0.29, 0.717) is 5.92 Å². The molecule has 1 atom stereocenters. The average Bonchev–Trinajstić information content (AvgIpc) is 2.56. The summed E-state index contributed by atoms with van der Waals surface area (Å²) in [6.07, 6.45) is 0. The molecule has 0 fully saturated rings. The van der Waals surface area contributed by atoms with Crippen LogP contribution in [0.15, 0.2) is 17.5 Å². The molecular formula is C10H17NS2. The summed E-state index contributed by atoms with van der Waals surface area (Å²) in [5, 5.41) is 2.13. The van der Waals surface area contributed by atoms with Crippen molar-refractivity contribution < 1.29 is 0 Å². The van der Waals surface area contributed by atoms with Gasteiger partial charge in [-0.25, -0.2) is 0 Å². The van der Waals surface area contributed by atoms with Gasteiger partial charge in [-0.2, -0.15) is 12.6 Å². The molecule has 0 saturated carbocycles. The molecule has 0 aliphatic heterocycles. The molecule has 0 bridgehead atoms. The van der Waals surface area contributed by atoms with Gasteiger partial charge in [-0.05, 0) is 30.2 Å². The van der Waals surface area contributed by atoms with Crippen LogP contribution in [0.4, 0.5) is 0 Å². The van der Waals surface area contributed by atoms with Crippen molar-refractivity contribution in [2.45, 2.75) is 13.5 Å². The lowest BCUT2D eigenvalue weighted by Gasteiger charge is -2.19. The van der Waals surface area contributed by atoms with Gasteiger partial charge in [-0.1, -0.05) is 13.0 Å². The Morgan fingerprint density at radius 2 is 2.38 bits per heavy atom. The second kappa shape index (κ2) is 5.68. The van der Waals surface area contributed by atoms with Crippen LogP contribution in [0.1, 0.15) is 11.8 Å². The summed E-state index contributed by atoms with van der Waals surface area (Å²) in [7, 11) is 2.17. The molecule has 1 heterocycles. The van der Waals surface area contributed by atoms with E-state index in [0.717, 1.165) is 18.8 Å². The molecule has 1 rings (SSSR count). The number of rotatable bonds is 5. The van der Waals surface area contributed by atoms with Crippen LogP contribution in [0.3, 0.4) is 0 Å². The van der Waals surface area contributed by atoms with E-state index in [9.17, 15) is 0 Å². The Labute approximate surface area is 90.2 Å². The molecule has 1 aromatic rings. The van der Waals surface area contributed by atoms with E-state index in [4.69, 9.17) is 0 Å². The minimum atomic E-state index is 0.674. The maximum absolute atomic E-state index is 4.28. The Morgan fingerprint density at radius 1 is 1.62 bits per heavy atom. The number of thiol groups is 1. The fourth-order valence-corrected chi connectivity index (χ4v) is 2.22. The van der Waals surface area contributed by atoms with Gasteiger partial charge in [0.25, 0.3) is 0 Å². The Kier molecular flexibility index (Phi) is 4.84. The maximum atomic E-state index is 4.28. The van der Waals surface area contributed by atoms with Crippen molar-refractivity contribution >= 4 is 24.0 Å². The topological polar surface area (TPSA) is 3.24 Å². The lowest BCUT2D eigenvalue weighted by molar-refractivity contribution is 0.293. The zero-order valence-corrected chi connectivity index (χ0v) is 9.94. The highest BCUT2D eigenvalue weighted by atomic mass is 32.1. The standard InChI is InChI=1S/C10H17NS2/c1-9(8-12)6-11(2)7-10-4-3-5-13-10/h3-5,9,12H,6-8H2,1-2H3. The molecule has 1 aromatic heterocycles. The van der Waals surface area contributed by atoms with E-state index >= 15 is 0 Å². The minimum Gasteiger partial charge on any atom is -0.301 e. The Balaban J connectivity index is 2.29. The largest absolute Gasteiger partial charge is 0.301 e. The molecule has 0 saturated heterocycles. The molecule has 74 valence electrons. The third-order valence-electron chi connectivity index (χ3n) is 1.94. The molecule has 0 spiro atoms. The van der Waals surface area contributed by atoms with Crippen molar-refractivity contribution in [3.05, 3.63) is 22.4 Å². The fraction of sp³-hybridized carbons (Fsp3) is 0.600. The smallest absolute Gasteiger partial charge is 0.0324 e. The average molecular weight is 215 g/mol. The molecule has 13 heavy (non-hydrogen) atoms. The van der Waals surface area contributed by atoms with E-state index < -0.39 is 0 Å².